The number of carbonyl (C=O) groups excluding carboxylic acids is 2. The number of rotatable bonds is 6. The fraction of sp³-hybridized carbons (Fsp3) is 0.435. The van der Waals surface area contributed by atoms with Gasteiger partial charge in [-0.15, -0.1) is 11.3 Å². The van der Waals surface area contributed by atoms with Crippen LogP contribution >= 0.6 is 11.3 Å². The summed E-state index contributed by atoms with van der Waals surface area (Å²) in [5.41, 5.74) is 1.88. The highest BCUT2D eigenvalue weighted by Gasteiger charge is 2.26. The molecule has 0 bridgehead atoms. The molecule has 1 aliphatic rings. The summed E-state index contributed by atoms with van der Waals surface area (Å²) in [6, 6.07) is 7.90. The van der Waals surface area contributed by atoms with Crippen molar-refractivity contribution < 1.29 is 14.3 Å². The minimum atomic E-state index is -0.216. The highest BCUT2D eigenvalue weighted by Crippen LogP contribution is 2.33. The molecule has 164 valence electrons. The lowest BCUT2D eigenvalue weighted by atomic mass is 9.95. The molecule has 1 N–H and O–H groups in total. The maximum atomic E-state index is 12.6. The van der Waals surface area contributed by atoms with Crippen LogP contribution in [0, 0.1) is 5.92 Å². The van der Waals surface area contributed by atoms with Crippen LogP contribution in [0.3, 0.4) is 0 Å². The van der Waals surface area contributed by atoms with Gasteiger partial charge in [0.05, 0.1) is 11.5 Å². The maximum absolute atomic E-state index is 12.6. The second-order valence-corrected chi connectivity index (χ2v) is 9.46. The number of carbonyl (C=O) groups is 2. The molecular weight excluding hydrogens is 412 g/mol. The van der Waals surface area contributed by atoms with Crippen molar-refractivity contribution in [2.24, 2.45) is 5.92 Å². The van der Waals surface area contributed by atoms with Crippen LogP contribution in [-0.2, 0) is 11.3 Å². The van der Waals surface area contributed by atoms with Crippen LogP contribution in [0.25, 0.3) is 5.65 Å². The van der Waals surface area contributed by atoms with Crippen LogP contribution in [0.4, 0.5) is 4.79 Å². The van der Waals surface area contributed by atoms with Gasteiger partial charge in [-0.2, -0.15) is 0 Å². The highest BCUT2D eigenvalue weighted by atomic mass is 32.1. The van der Waals surface area contributed by atoms with Crippen molar-refractivity contribution in [3.8, 4) is 0 Å². The van der Waals surface area contributed by atoms with Crippen LogP contribution in [0.1, 0.15) is 52.7 Å². The Bertz CT molecular complexity index is 1050. The monoisotopic (exact) mass is 440 g/mol. The lowest BCUT2D eigenvalue weighted by Crippen LogP contribution is -2.38. The molecule has 0 spiro atoms. The Hall–Kier alpha value is -2.87. The number of nitrogens with zero attached hydrogens (tertiary/aromatic N) is 3. The number of hydrogen-bond donors (Lipinski definition) is 1. The van der Waals surface area contributed by atoms with E-state index >= 15 is 0 Å². The van der Waals surface area contributed by atoms with Gasteiger partial charge in [-0.3, -0.25) is 4.79 Å². The molecule has 7 nitrogen and oxygen atoms in total. The van der Waals surface area contributed by atoms with Gasteiger partial charge in [0.25, 0.3) is 5.91 Å². The number of fused-ring (bicyclic) bond motifs is 1. The summed E-state index contributed by atoms with van der Waals surface area (Å²) in [6.45, 7) is 6.36. The van der Waals surface area contributed by atoms with Crippen molar-refractivity contribution in [1.82, 2.24) is 19.6 Å². The Balaban J connectivity index is 1.28. The maximum Gasteiger partial charge on any atom is 0.409 e. The summed E-state index contributed by atoms with van der Waals surface area (Å²) in [6.07, 6.45) is 7.16. The number of nitrogens with one attached hydrogen (secondary N) is 1. The molecule has 0 unspecified atom stereocenters. The lowest BCUT2D eigenvalue weighted by molar-refractivity contribution is 0.0835. The number of aromatic nitrogens is 2. The highest BCUT2D eigenvalue weighted by molar-refractivity contribution is 7.14. The van der Waals surface area contributed by atoms with E-state index < -0.39 is 0 Å². The fourth-order valence-electron chi connectivity index (χ4n) is 3.70. The third kappa shape index (κ3) is 5.25. The molecule has 0 aliphatic carbocycles. The first-order chi connectivity index (χ1) is 15.0. The number of piperidine rings is 1. The van der Waals surface area contributed by atoms with E-state index in [0.29, 0.717) is 38.1 Å². The zero-order valence-electron chi connectivity index (χ0n) is 17.9. The van der Waals surface area contributed by atoms with Gasteiger partial charge in [-0.25, -0.2) is 9.78 Å². The van der Waals surface area contributed by atoms with Crippen molar-refractivity contribution in [2.75, 3.05) is 19.7 Å². The van der Waals surface area contributed by atoms with Gasteiger partial charge >= 0.3 is 6.09 Å². The number of imidazole rings is 1. The molecule has 0 radical (unpaired) electrons. The van der Waals surface area contributed by atoms with Crippen LogP contribution in [0.2, 0.25) is 0 Å². The quantitative estimate of drug-likeness (QED) is 0.620. The Morgan fingerprint density at radius 2 is 2.03 bits per heavy atom. The third-order valence-corrected chi connectivity index (χ3v) is 6.71. The van der Waals surface area contributed by atoms with Crippen LogP contribution < -0.4 is 5.32 Å². The zero-order valence-corrected chi connectivity index (χ0v) is 18.7. The Labute approximate surface area is 186 Å². The van der Waals surface area contributed by atoms with Crippen LogP contribution in [0.5, 0.6) is 0 Å². The second kappa shape index (κ2) is 9.51. The van der Waals surface area contributed by atoms with E-state index in [1.165, 1.54) is 4.88 Å². The molecule has 4 rings (SSSR count). The topological polar surface area (TPSA) is 75.9 Å². The number of thiophene rings is 1. The van der Waals surface area contributed by atoms with E-state index in [9.17, 15) is 9.59 Å². The average Bonchev–Trinajstić information content (AvgIpc) is 3.45. The van der Waals surface area contributed by atoms with Gasteiger partial charge in [0, 0.05) is 43.1 Å². The van der Waals surface area contributed by atoms with Crippen molar-refractivity contribution in [1.29, 1.82) is 0 Å². The molecule has 1 saturated heterocycles. The van der Waals surface area contributed by atoms with Gasteiger partial charge in [-0.1, -0.05) is 13.8 Å². The first-order valence-electron chi connectivity index (χ1n) is 10.7. The number of amides is 2. The van der Waals surface area contributed by atoms with Crippen LogP contribution in [0.15, 0.2) is 42.9 Å². The van der Waals surface area contributed by atoms with Gasteiger partial charge < -0.3 is 19.4 Å². The van der Waals surface area contributed by atoms with E-state index in [1.54, 1.807) is 22.4 Å². The van der Waals surface area contributed by atoms with E-state index in [-0.39, 0.29) is 12.0 Å². The van der Waals surface area contributed by atoms with Crippen molar-refractivity contribution >= 4 is 29.0 Å². The van der Waals surface area contributed by atoms with Gasteiger partial charge in [0.2, 0.25) is 0 Å². The number of likely N-dealkylation sites (tertiary alicyclic amines) is 1. The van der Waals surface area contributed by atoms with Crippen LogP contribution in [-0.4, -0.2) is 46.0 Å². The minimum absolute atomic E-state index is 0.0610. The molecular formula is C23H28N4O3S. The second-order valence-electron chi connectivity index (χ2n) is 8.34. The number of pyridine rings is 1. The summed E-state index contributed by atoms with van der Waals surface area (Å²) in [5.74, 6) is 0.656. The summed E-state index contributed by atoms with van der Waals surface area (Å²) >= 11 is 1.55. The molecule has 31 heavy (non-hydrogen) atoms. The first-order valence-corrected chi connectivity index (χ1v) is 11.5. The largest absolute Gasteiger partial charge is 0.449 e. The first kappa shape index (κ1) is 21.4. The summed E-state index contributed by atoms with van der Waals surface area (Å²) in [4.78, 5) is 32.7. The Morgan fingerprint density at radius 3 is 2.81 bits per heavy atom. The van der Waals surface area contributed by atoms with Gasteiger partial charge in [0.15, 0.2) is 0 Å². The van der Waals surface area contributed by atoms with E-state index in [4.69, 9.17) is 4.74 Å². The predicted octanol–water partition coefficient (Wildman–Crippen LogP) is 4.30. The fourth-order valence-corrected chi connectivity index (χ4v) is 4.80. The Morgan fingerprint density at radius 1 is 1.23 bits per heavy atom. The van der Waals surface area contributed by atoms with Crippen molar-refractivity contribution in [3.05, 3.63) is 58.2 Å². The van der Waals surface area contributed by atoms with Crippen molar-refractivity contribution in [2.45, 2.75) is 39.2 Å². The molecule has 0 saturated carbocycles. The molecule has 1 fully saturated rings. The standard InChI is InChI=1S/C23H28N4O3S/c1-16(2)15-30-23(29)27-10-6-18(7-11-27)19-3-4-20(31-19)22(28)25-14-17-5-9-26-12-8-24-21(26)13-17/h3-5,8-9,12-13,16,18H,6-7,10-11,14-15H2,1-2H3,(H,25,28). The summed E-state index contributed by atoms with van der Waals surface area (Å²) in [5, 5.41) is 3.00. The molecule has 3 aromatic rings. The molecule has 8 heteroatoms. The molecule has 3 aromatic heterocycles. The Kier molecular flexibility index (Phi) is 6.56. The van der Waals surface area contributed by atoms with E-state index in [2.05, 4.69) is 10.3 Å². The summed E-state index contributed by atoms with van der Waals surface area (Å²) < 4.78 is 7.27. The zero-order chi connectivity index (χ0) is 21.8. The number of hydrogen-bond acceptors (Lipinski definition) is 5. The average molecular weight is 441 g/mol. The molecule has 1 aliphatic heterocycles. The minimum Gasteiger partial charge on any atom is -0.449 e. The predicted molar refractivity (Wildman–Crippen MR) is 120 cm³/mol. The number of ether oxygens (including phenoxy) is 1. The van der Waals surface area contributed by atoms with E-state index in [0.717, 1.165) is 28.9 Å². The van der Waals surface area contributed by atoms with Crippen molar-refractivity contribution in [3.63, 3.8) is 0 Å². The molecule has 2 amide bonds. The molecule has 0 aromatic carbocycles. The summed E-state index contributed by atoms with van der Waals surface area (Å²) in [7, 11) is 0. The van der Waals surface area contributed by atoms with E-state index in [1.807, 2.05) is 54.9 Å². The third-order valence-electron chi connectivity index (χ3n) is 5.46. The van der Waals surface area contributed by atoms with Gasteiger partial charge in [-0.05, 0) is 54.5 Å². The smallest absolute Gasteiger partial charge is 0.409 e. The SMILES string of the molecule is CC(C)COC(=O)N1CCC(c2ccc(C(=O)NCc3ccn4ccnc4c3)s2)CC1. The van der Waals surface area contributed by atoms with Gasteiger partial charge in [0.1, 0.15) is 5.65 Å². The molecule has 0 atom stereocenters. The lowest BCUT2D eigenvalue weighted by Gasteiger charge is -2.31. The normalized spacial score (nSPS) is 14.9. The molecule has 4 heterocycles.